The van der Waals surface area contributed by atoms with Gasteiger partial charge in [-0.25, -0.2) is 0 Å². The van der Waals surface area contributed by atoms with Crippen LogP contribution in [0.4, 0.5) is 34.1 Å². The van der Waals surface area contributed by atoms with E-state index in [-0.39, 0.29) is 5.41 Å². The zero-order chi connectivity index (χ0) is 48.2. The molecule has 0 radical (unpaired) electrons. The Bertz CT molecular complexity index is 3910. The number of hydrogen-bond acceptors (Lipinski definition) is 2. The molecule has 1 aliphatic carbocycles. The van der Waals surface area contributed by atoms with E-state index in [4.69, 9.17) is 0 Å². The van der Waals surface area contributed by atoms with Gasteiger partial charge in [0.15, 0.2) is 0 Å². The van der Waals surface area contributed by atoms with Crippen LogP contribution in [0.1, 0.15) is 25.0 Å². The molecule has 0 aliphatic heterocycles. The zero-order valence-electron chi connectivity index (χ0n) is 40.3. The summed E-state index contributed by atoms with van der Waals surface area (Å²) < 4.78 is 2.44. The van der Waals surface area contributed by atoms with Crippen molar-refractivity contribution in [3.63, 3.8) is 0 Å². The van der Waals surface area contributed by atoms with Gasteiger partial charge in [0.2, 0.25) is 0 Å². The van der Waals surface area contributed by atoms with Gasteiger partial charge < -0.3 is 14.4 Å². The van der Waals surface area contributed by atoms with Gasteiger partial charge in [0, 0.05) is 55.8 Å². The van der Waals surface area contributed by atoms with E-state index < -0.39 is 0 Å². The van der Waals surface area contributed by atoms with Crippen LogP contribution in [0, 0.1) is 0 Å². The first kappa shape index (κ1) is 42.9. The minimum atomic E-state index is -0.201. The van der Waals surface area contributed by atoms with Gasteiger partial charge in [0.05, 0.1) is 22.4 Å². The van der Waals surface area contributed by atoms with Crippen LogP contribution in [0.3, 0.4) is 0 Å². The molecule has 1 aromatic heterocycles. The maximum atomic E-state index is 2.57. The van der Waals surface area contributed by atoms with E-state index in [9.17, 15) is 0 Å². The molecule has 0 bridgehead atoms. The summed E-state index contributed by atoms with van der Waals surface area (Å²) >= 11 is 0. The lowest BCUT2D eigenvalue weighted by molar-refractivity contribution is 0.660. The van der Waals surface area contributed by atoms with Crippen molar-refractivity contribution in [2.75, 3.05) is 9.80 Å². The van der Waals surface area contributed by atoms with E-state index in [1.165, 1.54) is 44.2 Å². The van der Waals surface area contributed by atoms with Crippen LogP contribution < -0.4 is 9.80 Å². The SMILES string of the molecule is CC1(C)c2ccccc2-c2ccc(N(c3ccccc3-c3ccccc3)c3c(-c4ccc(N(c5ccccc5)c5ccc(-c6ccccc6)cc5)cc4)ccc4c3c3ccccc3n4-c3ccccc3)cc21. The van der Waals surface area contributed by atoms with Crippen LogP contribution in [0.15, 0.2) is 273 Å². The van der Waals surface area contributed by atoms with Crippen molar-refractivity contribution in [3.8, 4) is 50.2 Å². The molecule has 0 N–H and O–H groups in total. The predicted molar refractivity (Wildman–Crippen MR) is 304 cm³/mol. The lowest BCUT2D eigenvalue weighted by Gasteiger charge is -2.32. The monoisotopic (exact) mass is 921 g/mol. The summed E-state index contributed by atoms with van der Waals surface area (Å²) in [5.74, 6) is 0. The van der Waals surface area contributed by atoms with Gasteiger partial charge in [0.1, 0.15) is 0 Å². The highest BCUT2D eigenvalue weighted by Crippen LogP contribution is 2.54. The number of benzene rings is 11. The third-order valence-corrected chi connectivity index (χ3v) is 14.8. The van der Waals surface area contributed by atoms with Crippen LogP contribution in [0.5, 0.6) is 0 Å². The lowest BCUT2D eigenvalue weighted by Crippen LogP contribution is -2.17. The average molecular weight is 922 g/mol. The van der Waals surface area contributed by atoms with Crippen molar-refractivity contribution >= 4 is 55.9 Å². The van der Waals surface area contributed by atoms with Crippen molar-refractivity contribution in [2.24, 2.45) is 0 Å². The standard InChI is InChI=1S/C69H51N3/c1-69(2)62-32-18-15-30-59(62)60-44-43-56(47-63(60)69)72(64-33-19-16-29-57(64)50-23-9-4-10-24-50)68-58(45-46-66-67(68)61-31-17-20-34-65(61)71(66)53-27-13-6-14-28-53)51-37-41-55(42-38-51)70(52-25-11-5-12-26-52)54-39-35-49(36-40-54)48-21-7-3-8-22-48/h3-47H,1-2H3. The Labute approximate surface area is 421 Å². The summed E-state index contributed by atoms with van der Waals surface area (Å²) in [5, 5.41) is 2.38. The molecule has 0 amide bonds. The number of para-hydroxylation sites is 4. The summed E-state index contributed by atoms with van der Waals surface area (Å²) in [6.45, 7) is 4.75. The molecule has 11 aromatic carbocycles. The van der Waals surface area contributed by atoms with Gasteiger partial charge >= 0.3 is 0 Å². The highest BCUT2D eigenvalue weighted by Gasteiger charge is 2.36. The third-order valence-electron chi connectivity index (χ3n) is 14.8. The normalized spacial score (nSPS) is 12.4. The molecule has 12 aromatic rings. The highest BCUT2D eigenvalue weighted by atomic mass is 15.2. The molecule has 0 atom stereocenters. The Hall–Kier alpha value is -9.18. The van der Waals surface area contributed by atoms with Crippen LogP contribution >= 0.6 is 0 Å². The van der Waals surface area contributed by atoms with E-state index >= 15 is 0 Å². The Morgan fingerprint density at radius 2 is 0.806 bits per heavy atom. The molecule has 1 aliphatic rings. The molecule has 13 rings (SSSR count). The second-order valence-electron chi connectivity index (χ2n) is 19.3. The second kappa shape index (κ2) is 17.7. The number of hydrogen-bond donors (Lipinski definition) is 0. The number of aromatic nitrogens is 1. The molecule has 0 saturated carbocycles. The quantitative estimate of drug-likeness (QED) is 0.135. The molecule has 0 fully saturated rings. The van der Waals surface area contributed by atoms with Gasteiger partial charge in [-0.2, -0.15) is 0 Å². The van der Waals surface area contributed by atoms with Gasteiger partial charge in [0.25, 0.3) is 0 Å². The highest BCUT2D eigenvalue weighted by molar-refractivity contribution is 6.20. The first-order valence-electron chi connectivity index (χ1n) is 24.9. The fourth-order valence-corrected chi connectivity index (χ4v) is 11.4. The van der Waals surface area contributed by atoms with E-state index in [0.29, 0.717) is 0 Å². The number of nitrogens with zero attached hydrogens (tertiary/aromatic N) is 3. The summed E-state index contributed by atoms with van der Waals surface area (Å²) in [5.41, 5.74) is 22.1. The zero-order valence-corrected chi connectivity index (χ0v) is 40.3. The second-order valence-corrected chi connectivity index (χ2v) is 19.3. The summed E-state index contributed by atoms with van der Waals surface area (Å²) in [6, 6.07) is 99.7. The van der Waals surface area contributed by atoms with Crippen LogP contribution in [0.2, 0.25) is 0 Å². The van der Waals surface area contributed by atoms with Crippen molar-refractivity contribution < 1.29 is 0 Å². The number of rotatable bonds is 10. The Balaban J connectivity index is 1.07. The molecule has 0 spiro atoms. The number of fused-ring (bicyclic) bond motifs is 6. The van der Waals surface area contributed by atoms with Gasteiger partial charge in [-0.3, -0.25) is 0 Å². The van der Waals surface area contributed by atoms with E-state index in [1.54, 1.807) is 0 Å². The predicted octanol–water partition coefficient (Wildman–Crippen LogP) is 19.0. The molecule has 72 heavy (non-hydrogen) atoms. The summed E-state index contributed by atoms with van der Waals surface area (Å²) in [6.07, 6.45) is 0. The topological polar surface area (TPSA) is 11.4 Å². The fourth-order valence-electron chi connectivity index (χ4n) is 11.4. The van der Waals surface area contributed by atoms with E-state index in [0.717, 1.165) is 73.1 Å². The minimum absolute atomic E-state index is 0.201. The first-order valence-corrected chi connectivity index (χ1v) is 24.9. The molecule has 342 valence electrons. The number of anilines is 6. The molecular weight excluding hydrogens is 871 g/mol. The molecule has 3 nitrogen and oxygen atoms in total. The third kappa shape index (κ3) is 7.20. The van der Waals surface area contributed by atoms with Crippen molar-refractivity contribution in [2.45, 2.75) is 19.3 Å². The molecule has 1 heterocycles. The fraction of sp³-hybridized carbons (Fsp3) is 0.0435. The van der Waals surface area contributed by atoms with E-state index in [2.05, 4.69) is 301 Å². The first-order chi connectivity index (χ1) is 35.5. The van der Waals surface area contributed by atoms with Crippen molar-refractivity contribution in [1.29, 1.82) is 0 Å². The Morgan fingerprint density at radius 1 is 0.319 bits per heavy atom. The van der Waals surface area contributed by atoms with Gasteiger partial charge in [-0.05, 0) is 123 Å². The van der Waals surface area contributed by atoms with Crippen LogP contribution in [0.25, 0.3) is 72.0 Å². The Kier molecular flexibility index (Phi) is 10.5. The smallest absolute Gasteiger partial charge is 0.0640 e. The van der Waals surface area contributed by atoms with Crippen LogP contribution in [-0.2, 0) is 5.41 Å². The van der Waals surface area contributed by atoms with Gasteiger partial charge in [-0.15, -0.1) is 0 Å². The lowest BCUT2D eigenvalue weighted by atomic mass is 9.82. The summed E-state index contributed by atoms with van der Waals surface area (Å²) in [7, 11) is 0. The molecule has 3 heteroatoms. The molecule has 0 saturated heterocycles. The van der Waals surface area contributed by atoms with Crippen LogP contribution in [-0.4, -0.2) is 4.57 Å². The minimum Gasteiger partial charge on any atom is -0.311 e. The maximum Gasteiger partial charge on any atom is 0.0640 e. The van der Waals surface area contributed by atoms with Crippen molar-refractivity contribution in [3.05, 3.63) is 284 Å². The maximum absolute atomic E-state index is 2.57. The molecule has 0 unspecified atom stereocenters. The van der Waals surface area contributed by atoms with Gasteiger partial charge in [-0.1, -0.05) is 208 Å². The van der Waals surface area contributed by atoms with Crippen molar-refractivity contribution in [1.82, 2.24) is 4.57 Å². The largest absolute Gasteiger partial charge is 0.311 e. The summed E-state index contributed by atoms with van der Waals surface area (Å²) in [4.78, 5) is 4.92. The average Bonchev–Trinajstić information content (AvgIpc) is 3.90. The molecular formula is C69H51N3. The Morgan fingerprint density at radius 3 is 1.51 bits per heavy atom. The van der Waals surface area contributed by atoms with E-state index in [1.807, 2.05) is 0 Å².